The summed E-state index contributed by atoms with van der Waals surface area (Å²) in [5, 5.41) is 18.1. The van der Waals surface area contributed by atoms with Crippen LogP contribution in [0.15, 0.2) is 36.4 Å². The van der Waals surface area contributed by atoms with Crippen LogP contribution in [0.1, 0.15) is 12.5 Å². The number of ether oxygens (including phenoxy) is 1. The van der Waals surface area contributed by atoms with Gasteiger partial charge in [-0.05, 0) is 11.6 Å². The molecule has 0 fully saturated rings. The van der Waals surface area contributed by atoms with Crippen molar-refractivity contribution in [3.05, 3.63) is 42.0 Å². The summed E-state index contributed by atoms with van der Waals surface area (Å²) >= 11 is 0. The monoisotopic (exact) mass is 250 g/mol. The van der Waals surface area contributed by atoms with Gasteiger partial charge in [0.15, 0.2) is 0 Å². The molecule has 0 aliphatic heterocycles. The van der Waals surface area contributed by atoms with Crippen LogP contribution in [0.25, 0.3) is 6.08 Å². The summed E-state index contributed by atoms with van der Waals surface area (Å²) < 4.78 is 4.96. The standard InChI is InChI=1S/C14H18O4/c1-14(9-15,10-16)11-18-13(17)8-7-12-5-3-2-4-6-12/h2-8,15-16H,9-11H2,1H3. The minimum Gasteiger partial charge on any atom is -0.462 e. The number of rotatable bonds is 6. The predicted molar refractivity (Wildman–Crippen MR) is 68.7 cm³/mol. The molecule has 98 valence electrons. The largest absolute Gasteiger partial charge is 0.462 e. The second-order valence-corrected chi connectivity index (χ2v) is 4.48. The molecule has 4 nitrogen and oxygen atoms in total. The van der Waals surface area contributed by atoms with Gasteiger partial charge >= 0.3 is 5.97 Å². The Morgan fingerprint density at radius 3 is 2.44 bits per heavy atom. The summed E-state index contributed by atoms with van der Waals surface area (Å²) in [7, 11) is 0. The van der Waals surface area contributed by atoms with Crippen molar-refractivity contribution < 1.29 is 19.7 Å². The maximum absolute atomic E-state index is 11.4. The van der Waals surface area contributed by atoms with Gasteiger partial charge in [-0.3, -0.25) is 0 Å². The lowest BCUT2D eigenvalue weighted by Gasteiger charge is -2.23. The summed E-state index contributed by atoms with van der Waals surface area (Å²) in [5.41, 5.74) is 0.109. The first-order chi connectivity index (χ1) is 8.59. The van der Waals surface area contributed by atoms with Crippen molar-refractivity contribution >= 4 is 12.0 Å². The van der Waals surface area contributed by atoms with Crippen molar-refractivity contribution in [2.24, 2.45) is 5.41 Å². The fourth-order valence-corrected chi connectivity index (χ4v) is 1.16. The van der Waals surface area contributed by atoms with Gasteiger partial charge in [-0.25, -0.2) is 4.79 Å². The Morgan fingerprint density at radius 1 is 1.28 bits per heavy atom. The third kappa shape index (κ3) is 4.69. The van der Waals surface area contributed by atoms with Gasteiger partial charge in [0.25, 0.3) is 0 Å². The van der Waals surface area contributed by atoms with Crippen LogP contribution in [0.5, 0.6) is 0 Å². The number of carbonyl (C=O) groups excluding carboxylic acids is 1. The lowest BCUT2D eigenvalue weighted by molar-refractivity contribution is -0.142. The highest BCUT2D eigenvalue weighted by Crippen LogP contribution is 2.14. The summed E-state index contributed by atoms with van der Waals surface area (Å²) in [5.74, 6) is -0.494. The first kappa shape index (κ1) is 14.4. The fraction of sp³-hybridized carbons (Fsp3) is 0.357. The van der Waals surface area contributed by atoms with Gasteiger partial charge < -0.3 is 14.9 Å². The summed E-state index contributed by atoms with van der Waals surface area (Å²) in [6.07, 6.45) is 2.97. The maximum Gasteiger partial charge on any atom is 0.330 e. The van der Waals surface area contributed by atoms with E-state index in [9.17, 15) is 4.79 Å². The van der Waals surface area contributed by atoms with Crippen LogP contribution in [0.3, 0.4) is 0 Å². The number of aliphatic hydroxyl groups excluding tert-OH is 2. The minimum absolute atomic E-state index is 0.0159. The molecule has 1 rings (SSSR count). The predicted octanol–water partition coefficient (Wildman–Crippen LogP) is 1.23. The Kier molecular flexibility index (Phi) is 5.55. The SMILES string of the molecule is CC(CO)(CO)COC(=O)C=Cc1ccccc1. The lowest BCUT2D eigenvalue weighted by atomic mass is 9.95. The molecule has 0 amide bonds. The van der Waals surface area contributed by atoms with Crippen molar-refractivity contribution in [3.8, 4) is 0 Å². The average Bonchev–Trinajstić information content (AvgIpc) is 2.43. The van der Waals surface area contributed by atoms with E-state index in [2.05, 4.69) is 0 Å². The zero-order valence-electron chi connectivity index (χ0n) is 10.4. The molecule has 0 aliphatic rings. The number of carbonyl (C=O) groups is 1. The Balaban J connectivity index is 2.45. The number of benzene rings is 1. The van der Waals surface area contributed by atoms with E-state index in [-0.39, 0.29) is 19.8 Å². The molecule has 0 heterocycles. The van der Waals surface area contributed by atoms with Crippen LogP contribution < -0.4 is 0 Å². The summed E-state index contributed by atoms with van der Waals surface area (Å²) in [6, 6.07) is 9.38. The summed E-state index contributed by atoms with van der Waals surface area (Å²) in [6.45, 7) is 1.15. The van der Waals surface area contributed by atoms with Crippen LogP contribution in [0.4, 0.5) is 0 Å². The molecule has 0 unspecified atom stereocenters. The maximum atomic E-state index is 11.4. The second kappa shape index (κ2) is 6.93. The molecular weight excluding hydrogens is 232 g/mol. The normalized spacial score (nSPS) is 11.7. The van der Waals surface area contributed by atoms with E-state index in [0.717, 1.165) is 5.56 Å². The molecule has 1 aromatic carbocycles. The van der Waals surface area contributed by atoms with Gasteiger partial charge in [0.05, 0.1) is 13.2 Å². The van der Waals surface area contributed by atoms with E-state index in [1.807, 2.05) is 30.3 Å². The molecule has 0 atom stereocenters. The summed E-state index contributed by atoms with van der Waals surface area (Å²) in [4.78, 5) is 11.4. The molecule has 4 heteroatoms. The van der Waals surface area contributed by atoms with Crippen molar-refractivity contribution in [2.75, 3.05) is 19.8 Å². The van der Waals surface area contributed by atoms with Crippen molar-refractivity contribution in [3.63, 3.8) is 0 Å². The molecule has 0 radical (unpaired) electrons. The lowest BCUT2D eigenvalue weighted by Crippen LogP contribution is -2.32. The van der Waals surface area contributed by atoms with Crippen LogP contribution >= 0.6 is 0 Å². The van der Waals surface area contributed by atoms with Crippen molar-refractivity contribution in [1.82, 2.24) is 0 Å². The Morgan fingerprint density at radius 2 is 1.89 bits per heavy atom. The second-order valence-electron chi connectivity index (χ2n) is 4.48. The molecule has 0 saturated carbocycles. The highest BCUT2D eigenvalue weighted by atomic mass is 16.5. The molecular formula is C14H18O4. The van der Waals surface area contributed by atoms with E-state index in [0.29, 0.717) is 0 Å². The van der Waals surface area contributed by atoms with Gasteiger partial charge in [-0.2, -0.15) is 0 Å². The zero-order valence-corrected chi connectivity index (χ0v) is 10.4. The molecule has 0 aliphatic carbocycles. The Labute approximate surface area is 107 Å². The number of esters is 1. The van der Waals surface area contributed by atoms with Crippen LogP contribution in [-0.4, -0.2) is 36.0 Å². The van der Waals surface area contributed by atoms with Crippen LogP contribution in [-0.2, 0) is 9.53 Å². The number of aliphatic hydroxyl groups is 2. The average molecular weight is 250 g/mol. The highest BCUT2D eigenvalue weighted by Gasteiger charge is 2.24. The van der Waals surface area contributed by atoms with E-state index in [1.165, 1.54) is 6.08 Å². The van der Waals surface area contributed by atoms with E-state index in [4.69, 9.17) is 14.9 Å². The van der Waals surface area contributed by atoms with E-state index >= 15 is 0 Å². The number of hydrogen-bond donors (Lipinski definition) is 2. The molecule has 0 saturated heterocycles. The van der Waals surface area contributed by atoms with E-state index in [1.54, 1.807) is 13.0 Å². The van der Waals surface area contributed by atoms with Gasteiger partial charge in [-0.1, -0.05) is 37.3 Å². The highest BCUT2D eigenvalue weighted by molar-refractivity contribution is 5.87. The van der Waals surface area contributed by atoms with Crippen LogP contribution in [0, 0.1) is 5.41 Å². The molecule has 18 heavy (non-hydrogen) atoms. The first-order valence-corrected chi connectivity index (χ1v) is 5.71. The third-order valence-electron chi connectivity index (χ3n) is 2.54. The van der Waals surface area contributed by atoms with E-state index < -0.39 is 11.4 Å². The zero-order chi connectivity index (χ0) is 13.4. The molecule has 1 aromatic rings. The fourth-order valence-electron chi connectivity index (χ4n) is 1.16. The van der Waals surface area contributed by atoms with Gasteiger partial charge in [0, 0.05) is 11.5 Å². The molecule has 0 aromatic heterocycles. The van der Waals surface area contributed by atoms with Crippen molar-refractivity contribution in [2.45, 2.75) is 6.92 Å². The molecule has 2 N–H and O–H groups in total. The topological polar surface area (TPSA) is 66.8 Å². The quantitative estimate of drug-likeness (QED) is 0.588. The van der Waals surface area contributed by atoms with Gasteiger partial charge in [0.2, 0.25) is 0 Å². The smallest absolute Gasteiger partial charge is 0.330 e. The third-order valence-corrected chi connectivity index (χ3v) is 2.54. The van der Waals surface area contributed by atoms with Crippen LogP contribution in [0.2, 0.25) is 0 Å². The number of hydrogen-bond acceptors (Lipinski definition) is 4. The molecule has 0 spiro atoms. The van der Waals surface area contributed by atoms with Crippen molar-refractivity contribution in [1.29, 1.82) is 0 Å². The molecule has 0 bridgehead atoms. The minimum atomic E-state index is -0.795. The van der Waals surface area contributed by atoms with Gasteiger partial charge in [-0.15, -0.1) is 0 Å². The van der Waals surface area contributed by atoms with Gasteiger partial charge in [0.1, 0.15) is 6.61 Å². The Bertz CT molecular complexity index is 394. The Hall–Kier alpha value is -1.65. The first-order valence-electron chi connectivity index (χ1n) is 5.71.